The zero-order valence-electron chi connectivity index (χ0n) is 12.9. The third kappa shape index (κ3) is 3.45. The smallest absolute Gasteiger partial charge is 0.123 e. The fourth-order valence-electron chi connectivity index (χ4n) is 2.28. The van der Waals surface area contributed by atoms with Crippen molar-refractivity contribution in [2.24, 2.45) is 5.10 Å². The highest BCUT2D eigenvalue weighted by molar-refractivity contribution is 5.93. The van der Waals surface area contributed by atoms with E-state index in [-0.39, 0.29) is 5.82 Å². The predicted molar refractivity (Wildman–Crippen MR) is 90.6 cm³/mol. The van der Waals surface area contributed by atoms with Gasteiger partial charge in [0.2, 0.25) is 0 Å². The van der Waals surface area contributed by atoms with Crippen molar-refractivity contribution >= 4 is 22.8 Å². The molecule has 2 aromatic carbocycles. The molecule has 0 aliphatic heterocycles. The van der Waals surface area contributed by atoms with Crippen molar-refractivity contribution in [3.63, 3.8) is 0 Å². The number of halogens is 1. The quantitative estimate of drug-likeness (QED) is 0.582. The number of rotatable bonds is 4. The highest BCUT2D eigenvalue weighted by atomic mass is 19.1. The summed E-state index contributed by atoms with van der Waals surface area (Å²) in [4.78, 5) is 4.50. The molecule has 0 fully saturated rings. The van der Waals surface area contributed by atoms with Crippen LogP contribution in [0.5, 0.6) is 5.75 Å². The molecule has 0 spiro atoms. The van der Waals surface area contributed by atoms with Crippen molar-refractivity contribution in [2.75, 3.05) is 12.5 Å². The molecule has 0 aliphatic carbocycles. The van der Waals surface area contributed by atoms with Gasteiger partial charge in [0, 0.05) is 11.1 Å². The Hall–Kier alpha value is -2.95. The molecule has 0 aliphatic rings. The molecule has 3 rings (SSSR count). The molecule has 1 heterocycles. The average molecular weight is 309 g/mol. The summed E-state index contributed by atoms with van der Waals surface area (Å²) in [7, 11) is 1.63. The summed E-state index contributed by atoms with van der Waals surface area (Å²) in [6, 6.07) is 13.8. The van der Waals surface area contributed by atoms with Crippen LogP contribution in [0.3, 0.4) is 0 Å². The number of pyridine rings is 1. The number of hydrogen-bond acceptors (Lipinski definition) is 4. The first-order valence-electron chi connectivity index (χ1n) is 7.16. The fourth-order valence-corrected chi connectivity index (χ4v) is 2.28. The maximum Gasteiger partial charge on any atom is 0.123 e. The number of anilines is 1. The van der Waals surface area contributed by atoms with E-state index in [9.17, 15) is 4.39 Å². The number of nitrogens with zero attached hydrogens (tertiary/aromatic N) is 2. The molecule has 0 atom stereocenters. The first-order valence-corrected chi connectivity index (χ1v) is 7.16. The molecule has 0 bridgehead atoms. The summed E-state index contributed by atoms with van der Waals surface area (Å²) in [5, 5.41) is 5.14. The summed E-state index contributed by atoms with van der Waals surface area (Å²) in [5.41, 5.74) is 6.43. The van der Waals surface area contributed by atoms with Crippen molar-refractivity contribution in [1.82, 2.24) is 4.98 Å². The minimum Gasteiger partial charge on any atom is -0.497 e. The largest absolute Gasteiger partial charge is 0.497 e. The third-order valence-corrected chi connectivity index (χ3v) is 3.41. The van der Waals surface area contributed by atoms with E-state index in [0.717, 1.165) is 33.6 Å². The molecule has 1 aromatic heterocycles. The summed E-state index contributed by atoms with van der Waals surface area (Å²) >= 11 is 0. The first kappa shape index (κ1) is 15.0. The zero-order valence-corrected chi connectivity index (χ0v) is 12.9. The van der Waals surface area contributed by atoms with Gasteiger partial charge in [0.05, 0.1) is 24.5 Å². The Morgan fingerprint density at radius 3 is 2.65 bits per heavy atom. The van der Waals surface area contributed by atoms with E-state index < -0.39 is 0 Å². The second-order valence-corrected chi connectivity index (χ2v) is 5.12. The van der Waals surface area contributed by atoms with Crippen molar-refractivity contribution < 1.29 is 9.13 Å². The third-order valence-electron chi connectivity index (χ3n) is 3.41. The summed E-state index contributed by atoms with van der Waals surface area (Å²) < 4.78 is 18.1. The van der Waals surface area contributed by atoms with Crippen LogP contribution in [0.4, 0.5) is 10.1 Å². The van der Waals surface area contributed by atoms with Crippen LogP contribution in [0.2, 0.25) is 0 Å². The molecule has 116 valence electrons. The predicted octanol–water partition coefficient (Wildman–Crippen LogP) is 4.14. The first-order chi connectivity index (χ1) is 11.2. The Morgan fingerprint density at radius 1 is 1.13 bits per heavy atom. The van der Waals surface area contributed by atoms with Gasteiger partial charge in [0.25, 0.3) is 0 Å². The van der Waals surface area contributed by atoms with Gasteiger partial charge in [-0.15, -0.1) is 0 Å². The van der Waals surface area contributed by atoms with Gasteiger partial charge in [0.1, 0.15) is 11.6 Å². The lowest BCUT2D eigenvalue weighted by Gasteiger charge is -2.08. The van der Waals surface area contributed by atoms with E-state index in [1.54, 1.807) is 25.5 Å². The van der Waals surface area contributed by atoms with Crippen LogP contribution in [-0.2, 0) is 0 Å². The summed E-state index contributed by atoms with van der Waals surface area (Å²) in [6.45, 7) is 1.93. The Morgan fingerprint density at radius 2 is 1.91 bits per heavy atom. The molecular weight excluding hydrogens is 293 g/mol. The second-order valence-electron chi connectivity index (χ2n) is 5.12. The Bertz CT molecular complexity index is 860. The molecule has 0 saturated carbocycles. The standard InChI is InChI=1S/C18H16FN3O/c1-12-9-18(16-10-15(23-2)7-8-17(16)21-12)22-20-11-13-3-5-14(19)6-4-13/h3-11H,1-2H3,(H,21,22)/b20-11-. The van der Waals surface area contributed by atoms with Gasteiger partial charge in [-0.05, 0) is 48.9 Å². The van der Waals surface area contributed by atoms with Gasteiger partial charge < -0.3 is 4.74 Å². The summed E-state index contributed by atoms with van der Waals surface area (Å²) in [5.74, 6) is 0.492. The van der Waals surface area contributed by atoms with Gasteiger partial charge in [-0.2, -0.15) is 5.10 Å². The normalized spacial score (nSPS) is 11.1. The lowest BCUT2D eigenvalue weighted by Crippen LogP contribution is -1.95. The van der Waals surface area contributed by atoms with E-state index in [1.165, 1.54) is 12.1 Å². The van der Waals surface area contributed by atoms with Crippen LogP contribution in [0, 0.1) is 12.7 Å². The molecule has 0 radical (unpaired) electrons. The fraction of sp³-hybridized carbons (Fsp3) is 0.111. The van der Waals surface area contributed by atoms with Gasteiger partial charge >= 0.3 is 0 Å². The van der Waals surface area contributed by atoms with E-state index in [0.29, 0.717) is 0 Å². The van der Waals surface area contributed by atoms with Gasteiger partial charge in [-0.1, -0.05) is 12.1 Å². The second kappa shape index (κ2) is 6.44. The van der Waals surface area contributed by atoms with E-state index in [2.05, 4.69) is 15.5 Å². The van der Waals surface area contributed by atoms with Crippen molar-refractivity contribution in [1.29, 1.82) is 0 Å². The number of aromatic nitrogens is 1. The van der Waals surface area contributed by atoms with Crippen LogP contribution in [0.1, 0.15) is 11.3 Å². The molecule has 0 amide bonds. The maximum absolute atomic E-state index is 12.9. The lowest BCUT2D eigenvalue weighted by atomic mass is 10.1. The number of hydrogen-bond donors (Lipinski definition) is 1. The average Bonchev–Trinajstić information content (AvgIpc) is 2.56. The van der Waals surface area contributed by atoms with Crippen LogP contribution in [-0.4, -0.2) is 18.3 Å². The van der Waals surface area contributed by atoms with Gasteiger partial charge in [-0.25, -0.2) is 4.39 Å². The van der Waals surface area contributed by atoms with Gasteiger partial charge in [-0.3, -0.25) is 10.4 Å². The number of hydrazone groups is 1. The zero-order chi connectivity index (χ0) is 16.2. The Kier molecular flexibility index (Phi) is 4.19. The number of nitrogens with one attached hydrogen (secondary N) is 1. The summed E-state index contributed by atoms with van der Waals surface area (Å²) in [6.07, 6.45) is 1.64. The number of fused-ring (bicyclic) bond motifs is 1. The Balaban J connectivity index is 1.90. The van der Waals surface area contributed by atoms with Crippen LogP contribution >= 0.6 is 0 Å². The van der Waals surface area contributed by atoms with Crippen LogP contribution in [0.25, 0.3) is 10.9 Å². The SMILES string of the molecule is COc1ccc2nc(C)cc(N/N=C\c3ccc(F)cc3)c2c1. The molecule has 1 N–H and O–H groups in total. The molecule has 5 heteroatoms. The van der Waals surface area contributed by atoms with E-state index >= 15 is 0 Å². The van der Waals surface area contributed by atoms with Gasteiger partial charge in [0.15, 0.2) is 0 Å². The van der Waals surface area contributed by atoms with Crippen molar-refractivity contribution in [3.8, 4) is 5.75 Å². The van der Waals surface area contributed by atoms with Crippen molar-refractivity contribution in [3.05, 3.63) is 65.6 Å². The molecule has 0 unspecified atom stereocenters. The van der Waals surface area contributed by atoms with Crippen LogP contribution < -0.4 is 10.2 Å². The molecule has 4 nitrogen and oxygen atoms in total. The number of aryl methyl sites for hydroxylation is 1. The Labute approximate surface area is 133 Å². The minimum absolute atomic E-state index is 0.266. The topological polar surface area (TPSA) is 46.5 Å². The number of benzene rings is 2. The van der Waals surface area contributed by atoms with Crippen LogP contribution in [0.15, 0.2) is 53.6 Å². The highest BCUT2D eigenvalue weighted by Crippen LogP contribution is 2.27. The number of ether oxygens (including phenoxy) is 1. The van der Waals surface area contributed by atoms with Crippen molar-refractivity contribution in [2.45, 2.75) is 6.92 Å². The molecule has 0 saturated heterocycles. The van der Waals surface area contributed by atoms with E-state index in [4.69, 9.17) is 4.74 Å². The molecule has 3 aromatic rings. The lowest BCUT2D eigenvalue weighted by molar-refractivity contribution is 0.415. The van der Waals surface area contributed by atoms with E-state index in [1.807, 2.05) is 31.2 Å². The highest BCUT2D eigenvalue weighted by Gasteiger charge is 2.05. The number of methoxy groups -OCH3 is 1. The molecule has 23 heavy (non-hydrogen) atoms. The minimum atomic E-state index is -0.266. The molecular formula is C18H16FN3O. The maximum atomic E-state index is 12.9. The monoisotopic (exact) mass is 309 g/mol.